The van der Waals surface area contributed by atoms with Crippen LogP contribution in [0.3, 0.4) is 0 Å². The lowest BCUT2D eigenvalue weighted by Gasteiger charge is -2.32. The van der Waals surface area contributed by atoms with Gasteiger partial charge in [-0.25, -0.2) is 10.0 Å². The Morgan fingerprint density at radius 2 is 1.97 bits per heavy atom. The van der Waals surface area contributed by atoms with Crippen LogP contribution in [-0.2, 0) is 16.2 Å². The molecule has 1 saturated carbocycles. The summed E-state index contributed by atoms with van der Waals surface area (Å²) < 4.78 is 7.41. The molecule has 1 atom stereocenters. The number of hydrogen-bond acceptors (Lipinski definition) is 6. The molecular formula is C25H29N5O4. The Hall–Kier alpha value is -3.46. The molecule has 1 saturated heterocycles. The molecule has 3 heterocycles. The molecule has 0 spiro atoms. The Bertz CT molecular complexity index is 1200. The zero-order valence-electron chi connectivity index (χ0n) is 19.2. The molecule has 9 nitrogen and oxygen atoms in total. The van der Waals surface area contributed by atoms with Crippen molar-refractivity contribution in [2.75, 3.05) is 13.7 Å². The van der Waals surface area contributed by atoms with Gasteiger partial charge in [-0.2, -0.15) is 0 Å². The van der Waals surface area contributed by atoms with E-state index in [0.29, 0.717) is 36.1 Å². The van der Waals surface area contributed by atoms with Crippen molar-refractivity contribution in [1.29, 1.82) is 0 Å². The molecule has 1 aliphatic heterocycles. The van der Waals surface area contributed by atoms with E-state index < -0.39 is 5.91 Å². The minimum atomic E-state index is -0.416. The molecule has 2 N–H and O–H groups in total. The maximum absolute atomic E-state index is 13.3. The third kappa shape index (κ3) is 4.35. The Labute approximate surface area is 197 Å². The van der Waals surface area contributed by atoms with Crippen molar-refractivity contribution in [3.8, 4) is 5.88 Å². The van der Waals surface area contributed by atoms with E-state index in [1.807, 2.05) is 18.2 Å². The smallest absolute Gasteiger partial charge is 0.249 e. The van der Waals surface area contributed by atoms with E-state index in [1.165, 1.54) is 5.06 Å². The van der Waals surface area contributed by atoms with Gasteiger partial charge in [0.05, 0.1) is 31.8 Å². The van der Waals surface area contributed by atoms with Gasteiger partial charge in [-0.3, -0.25) is 19.4 Å². The van der Waals surface area contributed by atoms with Gasteiger partial charge in [0.25, 0.3) is 0 Å². The highest BCUT2D eigenvalue weighted by Crippen LogP contribution is 2.36. The number of nitrogens with two attached hydrogens (primary N) is 1. The van der Waals surface area contributed by atoms with Gasteiger partial charge in [0, 0.05) is 41.5 Å². The van der Waals surface area contributed by atoms with E-state index in [1.54, 1.807) is 25.6 Å². The lowest BCUT2D eigenvalue weighted by Crippen LogP contribution is -2.37. The molecular weight excluding hydrogens is 434 g/mol. The Kier molecular flexibility index (Phi) is 6.19. The maximum atomic E-state index is 13.3. The minimum Gasteiger partial charge on any atom is -0.480 e. The van der Waals surface area contributed by atoms with Gasteiger partial charge in [0.15, 0.2) is 0 Å². The van der Waals surface area contributed by atoms with Crippen molar-refractivity contribution < 1.29 is 19.2 Å². The van der Waals surface area contributed by atoms with Crippen LogP contribution in [0.2, 0.25) is 0 Å². The molecule has 2 fully saturated rings. The van der Waals surface area contributed by atoms with Crippen LogP contribution in [0, 0.1) is 11.8 Å². The first-order valence-electron chi connectivity index (χ1n) is 11.7. The van der Waals surface area contributed by atoms with Crippen molar-refractivity contribution in [1.82, 2.24) is 19.6 Å². The highest BCUT2D eigenvalue weighted by atomic mass is 16.7. The summed E-state index contributed by atoms with van der Waals surface area (Å²) in [6.07, 6.45) is 9.62. The number of carbonyl (C=O) groups excluding carboxylic acids is 2. The number of hydroxylamine groups is 2. The molecule has 178 valence electrons. The van der Waals surface area contributed by atoms with Crippen molar-refractivity contribution in [3.05, 3.63) is 54.1 Å². The van der Waals surface area contributed by atoms with Crippen LogP contribution in [0.15, 0.2) is 42.9 Å². The zero-order chi connectivity index (χ0) is 23.7. The fourth-order valence-electron chi connectivity index (χ4n) is 5.14. The van der Waals surface area contributed by atoms with Crippen molar-refractivity contribution in [2.45, 2.75) is 44.7 Å². The van der Waals surface area contributed by atoms with Gasteiger partial charge in [0.1, 0.15) is 6.04 Å². The number of fused-ring (bicyclic) bond motifs is 1. The van der Waals surface area contributed by atoms with Crippen LogP contribution >= 0.6 is 0 Å². The first-order valence-corrected chi connectivity index (χ1v) is 11.7. The second-order valence-corrected chi connectivity index (χ2v) is 9.11. The molecule has 34 heavy (non-hydrogen) atoms. The predicted molar refractivity (Wildman–Crippen MR) is 125 cm³/mol. The molecule has 2 aliphatic rings. The van der Waals surface area contributed by atoms with E-state index >= 15 is 0 Å². The van der Waals surface area contributed by atoms with E-state index in [2.05, 4.69) is 20.7 Å². The van der Waals surface area contributed by atoms with Gasteiger partial charge < -0.3 is 15.0 Å². The summed E-state index contributed by atoms with van der Waals surface area (Å²) in [5.74, 6) is 0.502. The summed E-state index contributed by atoms with van der Waals surface area (Å²) in [6, 6.07) is 7.35. The molecule has 0 unspecified atom stereocenters. The second kappa shape index (κ2) is 9.42. The number of nitrogens with zero attached hydrogens (tertiary/aromatic N) is 4. The Balaban J connectivity index is 1.21. The van der Waals surface area contributed by atoms with Gasteiger partial charge in [0.2, 0.25) is 17.7 Å². The summed E-state index contributed by atoms with van der Waals surface area (Å²) in [4.78, 5) is 39.1. The first kappa shape index (κ1) is 22.3. The number of carbonyl (C=O) groups is 2. The van der Waals surface area contributed by atoms with Crippen molar-refractivity contribution in [2.24, 2.45) is 17.6 Å². The summed E-state index contributed by atoms with van der Waals surface area (Å²) in [7, 11) is 1.55. The van der Waals surface area contributed by atoms with E-state index in [4.69, 9.17) is 15.3 Å². The average molecular weight is 464 g/mol. The SMILES string of the molecule is COc1cncc([C@@H]2CCON2C(=O)C2CCC(Cn3ccc4cc(C(N)=O)ccc43)CC2)n1. The topological polar surface area (TPSA) is 113 Å². The third-order valence-electron chi connectivity index (χ3n) is 7.01. The number of primary amides is 1. The second-order valence-electron chi connectivity index (χ2n) is 9.11. The van der Waals surface area contributed by atoms with Crippen molar-refractivity contribution in [3.63, 3.8) is 0 Å². The molecule has 3 aromatic rings. The summed E-state index contributed by atoms with van der Waals surface area (Å²) >= 11 is 0. The normalized spacial score (nSPS) is 22.7. The molecule has 1 aromatic carbocycles. The van der Waals surface area contributed by atoms with Gasteiger partial charge in [-0.1, -0.05) is 0 Å². The number of aromatic nitrogens is 3. The zero-order valence-corrected chi connectivity index (χ0v) is 19.2. The molecule has 0 bridgehead atoms. The quantitative estimate of drug-likeness (QED) is 0.600. The molecule has 5 rings (SSSR count). The standard InChI is InChI=1S/C25H29N5O4/c1-33-23-14-27-13-20(28-23)22-9-11-34-30(22)25(32)17-4-2-16(3-5-17)15-29-10-8-18-12-19(24(26)31)6-7-21(18)29/h6-8,10,12-14,16-17,22H,2-5,9,11,15H2,1H3,(H2,26,31)/t16?,17?,22-/m0/s1. The fourth-order valence-corrected chi connectivity index (χ4v) is 5.14. The highest BCUT2D eigenvalue weighted by molar-refractivity contribution is 5.97. The van der Waals surface area contributed by atoms with Gasteiger partial charge in [-0.05, 0) is 55.9 Å². The monoisotopic (exact) mass is 463 g/mol. The summed E-state index contributed by atoms with van der Waals surface area (Å²) in [5, 5.41) is 2.53. The molecule has 9 heteroatoms. The molecule has 1 aliphatic carbocycles. The molecule has 2 aromatic heterocycles. The summed E-state index contributed by atoms with van der Waals surface area (Å²) in [6.45, 7) is 1.38. The van der Waals surface area contributed by atoms with Gasteiger partial charge in [-0.15, -0.1) is 0 Å². The van der Waals surface area contributed by atoms with Gasteiger partial charge >= 0.3 is 0 Å². The Morgan fingerprint density at radius 1 is 1.15 bits per heavy atom. The largest absolute Gasteiger partial charge is 0.480 e. The van der Waals surface area contributed by atoms with Crippen LogP contribution in [0.4, 0.5) is 0 Å². The van der Waals surface area contributed by atoms with E-state index in [-0.39, 0.29) is 17.9 Å². The predicted octanol–water partition coefficient (Wildman–Crippen LogP) is 3.25. The average Bonchev–Trinajstić information content (AvgIpc) is 3.51. The number of rotatable bonds is 6. The number of methoxy groups -OCH3 is 1. The van der Waals surface area contributed by atoms with E-state index in [9.17, 15) is 9.59 Å². The van der Waals surface area contributed by atoms with Crippen LogP contribution in [0.5, 0.6) is 5.88 Å². The lowest BCUT2D eigenvalue weighted by atomic mass is 9.81. The minimum absolute atomic E-state index is 0.0379. The number of ether oxygens (including phenoxy) is 1. The van der Waals surface area contributed by atoms with E-state index in [0.717, 1.165) is 43.1 Å². The first-order chi connectivity index (χ1) is 16.5. The summed E-state index contributed by atoms with van der Waals surface area (Å²) in [5.41, 5.74) is 7.71. The number of amides is 2. The van der Waals surface area contributed by atoms with Crippen LogP contribution < -0.4 is 10.5 Å². The number of benzene rings is 1. The molecule has 2 amide bonds. The molecule has 0 radical (unpaired) electrons. The fraction of sp³-hybridized carbons (Fsp3) is 0.440. The highest BCUT2D eigenvalue weighted by Gasteiger charge is 2.38. The Morgan fingerprint density at radius 3 is 2.74 bits per heavy atom. The van der Waals surface area contributed by atoms with Crippen LogP contribution in [-0.4, -0.2) is 45.1 Å². The lowest BCUT2D eigenvalue weighted by molar-refractivity contribution is -0.183. The van der Waals surface area contributed by atoms with Crippen LogP contribution in [0.25, 0.3) is 10.9 Å². The maximum Gasteiger partial charge on any atom is 0.249 e. The number of hydrogen-bond donors (Lipinski definition) is 1. The van der Waals surface area contributed by atoms with Crippen LogP contribution in [0.1, 0.15) is 54.2 Å². The van der Waals surface area contributed by atoms with Crippen molar-refractivity contribution >= 4 is 22.7 Å². The third-order valence-corrected chi connectivity index (χ3v) is 7.01.